The predicted octanol–water partition coefficient (Wildman–Crippen LogP) is 4.62. The van der Waals surface area contributed by atoms with Gasteiger partial charge in [-0.05, 0) is 28.8 Å². The number of rotatable bonds is 1. The van der Waals surface area contributed by atoms with Gasteiger partial charge in [0.2, 0.25) is 0 Å². The normalized spacial score (nSPS) is 11.1. The Balaban J connectivity index is 2.75. The highest BCUT2D eigenvalue weighted by atomic mass is 35.5. The number of halogens is 2. The van der Waals surface area contributed by atoms with E-state index < -0.39 is 4.84 Å². The molecule has 0 saturated carbocycles. The molecular formula is C12H10Cl2. The first-order valence-electron chi connectivity index (χ1n) is 4.46. The Hall–Kier alpha value is -0.720. The molecule has 0 aromatic heterocycles. The van der Waals surface area contributed by atoms with E-state index in [-0.39, 0.29) is 0 Å². The third-order valence-corrected chi connectivity index (χ3v) is 2.95. The molecule has 2 heteroatoms. The van der Waals surface area contributed by atoms with Crippen LogP contribution in [0.3, 0.4) is 0 Å². The van der Waals surface area contributed by atoms with Crippen molar-refractivity contribution in [2.75, 3.05) is 0 Å². The van der Waals surface area contributed by atoms with Gasteiger partial charge in [0.15, 0.2) is 0 Å². The van der Waals surface area contributed by atoms with Gasteiger partial charge in [-0.1, -0.05) is 36.4 Å². The van der Waals surface area contributed by atoms with Crippen LogP contribution < -0.4 is 0 Å². The van der Waals surface area contributed by atoms with Crippen LogP contribution >= 0.6 is 23.2 Å². The van der Waals surface area contributed by atoms with Gasteiger partial charge in [-0.2, -0.15) is 0 Å². The van der Waals surface area contributed by atoms with Gasteiger partial charge in [0, 0.05) is 0 Å². The number of alkyl halides is 2. The largest absolute Gasteiger partial charge is 0.133 e. The minimum absolute atomic E-state index is 0.445. The van der Waals surface area contributed by atoms with Crippen molar-refractivity contribution in [1.29, 1.82) is 0 Å². The lowest BCUT2D eigenvalue weighted by molar-refractivity contribution is 1.29. The Morgan fingerprint density at radius 1 is 1.00 bits per heavy atom. The van der Waals surface area contributed by atoms with E-state index in [1.165, 1.54) is 10.8 Å². The summed E-state index contributed by atoms with van der Waals surface area (Å²) < 4.78 is 0. The number of hydrogen-bond acceptors (Lipinski definition) is 0. The van der Waals surface area contributed by atoms with E-state index in [4.69, 9.17) is 23.2 Å². The van der Waals surface area contributed by atoms with Gasteiger partial charge >= 0.3 is 0 Å². The molecule has 0 unspecified atom stereocenters. The summed E-state index contributed by atoms with van der Waals surface area (Å²) in [6, 6.07) is 12.3. The van der Waals surface area contributed by atoms with Crippen molar-refractivity contribution >= 4 is 34.0 Å². The molecule has 0 fully saturated rings. The number of fused-ring (bicyclic) bond motifs is 1. The molecule has 2 aromatic rings. The molecule has 0 atom stereocenters. The van der Waals surface area contributed by atoms with Crippen molar-refractivity contribution < 1.29 is 0 Å². The zero-order chi connectivity index (χ0) is 10.1. The molecule has 0 bridgehead atoms. The maximum Gasteiger partial charge on any atom is 0.133 e. The van der Waals surface area contributed by atoms with Crippen LogP contribution in [0.25, 0.3) is 10.8 Å². The van der Waals surface area contributed by atoms with Gasteiger partial charge in [-0.3, -0.25) is 0 Å². The molecule has 0 heterocycles. The summed E-state index contributed by atoms with van der Waals surface area (Å²) in [4.78, 5) is -0.445. The van der Waals surface area contributed by atoms with Gasteiger partial charge < -0.3 is 0 Å². The zero-order valence-electron chi connectivity index (χ0n) is 7.80. The Labute approximate surface area is 93.4 Å². The molecular weight excluding hydrogens is 215 g/mol. The lowest BCUT2D eigenvalue weighted by atomic mass is 10.0. The molecule has 0 aliphatic heterocycles. The van der Waals surface area contributed by atoms with Crippen molar-refractivity contribution in [2.45, 2.75) is 11.8 Å². The number of aryl methyl sites for hydroxylation is 1. The monoisotopic (exact) mass is 224 g/mol. The van der Waals surface area contributed by atoms with E-state index in [9.17, 15) is 0 Å². The lowest BCUT2D eigenvalue weighted by Crippen LogP contribution is -1.88. The molecule has 0 aliphatic carbocycles. The van der Waals surface area contributed by atoms with Crippen LogP contribution in [0, 0.1) is 6.92 Å². The second kappa shape index (κ2) is 3.80. The zero-order valence-corrected chi connectivity index (χ0v) is 9.31. The Kier molecular flexibility index (Phi) is 2.66. The minimum Gasteiger partial charge on any atom is -0.100 e. The summed E-state index contributed by atoms with van der Waals surface area (Å²) in [5.41, 5.74) is 2.16. The third kappa shape index (κ3) is 1.60. The first-order chi connectivity index (χ1) is 6.70. The van der Waals surface area contributed by atoms with Gasteiger partial charge in [0.1, 0.15) is 4.84 Å². The van der Waals surface area contributed by atoms with E-state index in [1.54, 1.807) is 0 Å². The van der Waals surface area contributed by atoms with E-state index in [1.807, 2.05) is 18.2 Å². The Bertz CT molecular complexity index is 461. The smallest absolute Gasteiger partial charge is 0.100 e. The van der Waals surface area contributed by atoms with E-state index >= 15 is 0 Å². The van der Waals surface area contributed by atoms with Crippen LogP contribution in [0.4, 0.5) is 0 Å². The summed E-state index contributed by atoms with van der Waals surface area (Å²) >= 11 is 11.7. The van der Waals surface area contributed by atoms with Crippen LogP contribution in [-0.2, 0) is 0 Å². The van der Waals surface area contributed by atoms with Crippen LogP contribution in [0.15, 0.2) is 36.4 Å². The first kappa shape index (κ1) is 9.82. The number of benzene rings is 2. The van der Waals surface area contributed by atoms with Crippen molar-refractivity contribution in [2.24, 2.45) is 0 Å². The fraction of sp³-hybridized carbons (Fsp3) is 0.167. The molecule has 72 valence electrons. The minimum atomic E-state index is -0.445. The van der Waals surface area contributed by atoms with Crippen LogP contribution in [0.5, 0.6) is 0 Å². The van der Waals surface area contributed by atoms with E-state index in [0.29, 0.717) is 0 Å². The summed E-state index contributed by atoms with van der Waals surface area (Å²) in [6.07, 6.45) is 0. The molecule has 0 saturated heterocycles. The second-order valence-electron chi connectivity index (χ2n) is 3.30. The van der Waals surface area contributed by atoms with Crippen LogP contribution in [-0.4, -0.2) is 0 Å². The summed E-state index contributed by atoms with van der Waals surface area (Å²) in [5.74, 6) is 0. The fourth-order valence-electron chi connectivity index (χ4n) is 1.68. The highest BCUT2D eigenvalue weighted by Crippen LogP contribution is 2.31. The molecule has 0 N–H and O–H groups in total. The molecule has 2 aromatic carbocycles. The van der Waals surface area contributed by atoms with Crippen LogP contribution in [0.2, 0.25) is 0 Å². The topological polar surface area (TPSA) is 0 Å². The molecule has 0 aliphatic rings. The maximum absolute atomic E-state index is 5.87. The third-order valence-electron chi connectivity index (χ3n) is 2.48. The van der Waals surface area contributed by atoms with Crippen molar-refractivity contribution in [3.63, 3.8) is 0 Å². The summed E-state index contributed by atoms with van der Waals surface area (Å²) in [7, 11) is 0. The second-order valence-corrected chi connectivity index (χ2v) is 4.40. The van der Waals surface area contributed by atoms with Crippen molar-refractivity contribution in [1.82, 2.24) is 0 Å². The molecule has 14 heavy (non-hydrogen) atoms. The predicted molar refractivity (Wildman–Crippen MR) is 63.1 cm³/mol. The van der Waals surface area contributed by atoms with E-state index in [0.717, 1.165) is 11.1 Å². The van der Waals surface area contributed by atoms with E-state index in [2.05, 4.69) is 25.1 Å². The van der Waals surface area contributed by atoms with Gasteiger partial charge in [0.05, 0.1) is 0 Å². The average Bonchev–Trinajstić information content (AvgIpc) is 2.18. The maximum atomic E-state index is 5.87. The van der Waals surface area contributed by atoms with Crippen molar-refractivity contribution in [3.8, 4) is 0 Å². The number of hydrogen-bond donors (Lipinski definition) is 0. The summed E-state index contributed by atoms with van der Waals surface area (Å²) in [6.45, 7) is 2.05. The SMILES string of the molecule is Cc1c(C(Cl)Cl)ccc2ccccc12. The average molecular weight is 225 g/mol. The Morgan fingerprint density at radius 3 is 2.43 bits per heavy atom. The fourth-order valence-corrected chi connectivity index (χ4v) is 2.15. The highest BCUT2D eigenvalue weighted by Gasteiger charge is 2.08. The molecule has 2 rings (SSSR count). The molecule has 0 radical (unpaired) electrons. The highest BCUT2D eigenvalue weighted by molar-refractivity contribution is 6.44. The van der Waals surface area contributed by atoms with Crippen molar-refractivity contribution in [3.05, 3.63) is 47.5 Å². The quantitative estimate of drug-likeness (QED) is 0.621. The molecule has 0 amide bonds. The molecule has 0 nitrogen and oxygen atoms in total. The summed E-state index contributed by atoms with van der Waals surface area (Å²) in [5, 5.41) is 2.44. The Morgan fingerprint density at radius 2 is 1.71 bits per heavy atom. The standard InChI is InChI=1S/C12H10Cl2/c1-8-10-5-3-2-4-9(10)6-7-11(8)12(13)14/h2-7,12H,1H3. The lowest BCUT2D eigenvalue weighted by Gasteiger charge is -2.09. The van der Waals surface area contributed by atoms with Gasteiger partial charge in [-0.25, -0.2) is 0 Å². The van der Waals surface area contributed by atoms with Gasteiger partial charge in [-0.15, -0.1) is 23.2 Å². The first-order valence-corrected chi connectivity index (χ1v) is 5.34. The van der Waals surface area contributed by atoms with Gasteiger partial charge in [0.25, 0.3) is 0 Å². The molecule has 0 spiro atoms. The van der Waals surface area contributed by atoms with Crippen LogP contribution in [0.1, 0.15) is 16.0 Å².